The molecule has 2 saturated heterocycles. The van der Waals surface area contributed by atoms with E-state index in [1.807, 2.05) is 18.2 Å². The Morgan fingerprint density at radius 2 is 1.88 bits per heavy atom. The number of likely N-dealkylation sites (tertiary alicyclic amines) is 1. The number of thiazole rings is 1. The van der Waals surface area contributed by atoms with Crippen LogP contribution in [0.2, 0.25) is 0 Å². The van der Waals surface area contributed by atoms with E-state index in [1.54, 1.807) is 11.3 Å². The largest absolute Gasteiger partial charge is 0.365 e. The van der Waals surface area contributed by atoms with E-state index in [2.05, 4.69) is 26.6 Å². The van der Waals surface area contributed by atoms with Gasteiger partial charge in [-0.3, -0.25) is 4.79 Å². The van der Waals surface area contributed by atoms with Crippen molar-refractivity contribution >= 4 is 27.4 Å². The standard InChI is InChI=1S/C25H32N6OS/c32-24-21(25-28-19-8-1-2-9-20(19)33-25)23(27-17-5-4-12-26-15-17)29-22(30-24)16-10-13-31(14-11-16)18-6-3-7-18/h1-2,8-9,16-18,26H,3-7,10-15H2,(H2,27,29,30,32)/t17-/m1/s1. The van der Waals surface area contributed by atoms with Crippen molar-refractivity contribution in [3.05, 3.63) is 40.4 Å². The highest BCUT2D eigenvalue weighted by atomic mass is 32.1. The fourth-order valence-electron chi connectivity index (χ4n) is 5.42. The van der Waals surface area contributed by atoms with Crippen LogP contribution in [0.1, 0.15) is 56.7 Å². The molecule has 3 fully saturated rings. The molecule has 0 spiro atoms. The highest BCUT2D eigenvalue weighted by Crippen LogP contribution is 2.35. The lowest BCUT2D eigenvalue weighted by Crippen LogP contribution is -2.44. The molecule has 33 heavy (non-hydrogen) atoms. The predicted molar refractivity (Wildman–Crippen MR) is 134 cm³/mol. The number of rotatable bonds is 5. The molecule has 1 aliphatic carbocycles. The first-order valence-corrected chi connectivity index (χ1v) is 13.3. The Hall–Kier alpha value is -2.29. The Morgan fingerprint density at radius 3 is 2.61 bits per heavy atom. The molecule has 6 rings (SSSR count). The molecule has 1 atom stereocenters. The Bertz CT molecular complexity index is 1140. The van der Waals surface area contributed by atoms with Crippen LogP contribution in [0.15, 0.2) is 29.1 Å². The monoisotopic (exact) mass is 464 g/mol. The molecule has 2 aliphatic heterocycles. The molecule has 0 amide bonds. The second-order valence-electron chi connectivity index (χ2n) is 9.74. The van der Waals surface area contributed by atoms with E-state index in [1.165, 1.54) is 19.3 Å². The molecule has 3 aliphatic rings. The summed E-state index contributed by atoms with van der Waals surface area (Å²) in [7, 11) is 0. The third kappa shape index (κ3) is 4.32. The maximum atomic E-state index is 13.5. The average molecular weight is 465 g/mol. The summed E-state index contributed by atoms with van der Waals surface area (Å²) in [5.74, 6) is 1.84. The van der Waals surface area contributed by atoms with Crippen molar-refractivity contribution < 1.29 is 0 Å². The van der Waals surface area contributed by atoms with Crippen molar-refractivity contribution in [2.24, 2.45) is 0 Å². The number of aromatic amines is 1. The quantitative estimate of drug-likeness (QED) is 0.530. The maximum Gasteiger partial charge on any atom is 0.263 e. The van der Waals surface area contributed by atoms with Gasteiger partial charge in [0.05, 0.1) is 10.2 Å². The first-order chi connectivity index (χ1) is 16.2. The Kier molecular flexibility index (Phi) is 5.90. The van der Waals surface area contributed by atoms with E-state index in [4.69, 9.17) is 9.97 Å². The third-order valence-electron chi connectivity index (χ3n) is 7.59. The van der Waals surface area contributed by atoms with E-state index in [9.17, 15) is 4.79 Å². The summed E-state index contributed by atoms with van der Waals surface area (Å²) in [5.41, 5.74) is 1.43. The Morgan fingerprint density at radius 1 is 1.03 bits per heavy atom. The van der Waals surface area contributed by atoms with Gasteiger partial charge in [0.25, 0.3) is 5.56 Å². The van der Waals surface area contributed by atoms with Gasteiger partial charge < -0.3 is 20.5 Å². The van der Waals surface area contributed by atoms with Gasteiger partial charge in [0.2, 0.25) is 0 Å². The van der Waals surface area contributed by atoms with Crippen molar-refractivity contribution in [2.75, 3.05) is 31.5 Å². The summed E-state index contributed by atoms with van der Waals surface area (Å²) in [6.07, 6.45) is 8.40. The molecule has 7 nitrogen and oxygen atoms in total. The van der Waals surface area contributed by atoms with Crippen LogP contribution in [0.3, 0.4) is 0 Å². The topological polar surface area (TPSA) is 85.9 Å². The zero-order chi connectivity index (χ0) is 22.2. The number of hydrogen-bond acceptors (Lipinski definition) is 7. The Labute approximate surface area is 198 Å². The lowest BCUT2D eigenvalue weighted by molar-refractivity contribution is 0.0963. The van der Waals surface area contributed by atoms with Crippen LogP contribution >= 0.6 is 11.3 Å². The number of nitrogens with zero attached hydrogens (tertiary/aromatic N) is 3. The maximum absolute atomic E-state index is 13.5. The zero-order valence-electron chi connectivity index (χ0n) is 19.0. The van der Waals surface area contributed by atoms with Crippen molar-refractivity contribution in [1.82, 2.24) is 25.2 Å². The van der Waals surface area contributed by atoms with E-state index in [0.29, 0.717) is 17.3 Å². The molecule has 0 unspecified atom stereocenters. The van der Waals surface area contributed by atoms with E-state index in [-0.39, 0.29) is 11.6 Å². The average Bonchev–Trinajstić information content (AvgIpc) is 3.22. The number of hydrogen-bond donors (Lipinski definition) is 3. The van der Waals surface area contributed by atoms with Gasteiger partial charge in [-0.2, -0.15) is 0 Å². The van der Waals surface area contributed by atoms with Gasteiger partial charge in [-0.05, 0) is 70.3 Å². The van der Waals surface area contributed by atoms with Crippen LogP contribution in [-0.4, -0.2) is 58.1 Å². The molecule has 0 bridgehead atoms. The first-order valence-electron chi connectivity index (χ1n) is 12.5. The molecule has 3 aromatic rings. The van der Waals surface area contributed by atoms with Crippen molar-refractivity contribution in [1.29, 1.82) is 0 Å². The molecule has 3 N–H and O–H groups in total. The minimum atomic E-state index is -0.0771. The summed E-state index contributed by atoms with van der Waals surface area (Å²) in [4.78, 5) is 29.1. The number of piperidine rings is 2. The van der Waals surface area contributed by atoms with E-state index < -0.39 is 0 Å². The van der Waals surface area contributed by atoms with Gasteiger partial charge in [0.15, 0.2) is 0 Å². The number of fused-ring (bicyclic) bond motifs is 1. The van der Waals surface area contributed by atoms with Gasteiger partial charge in [0.1, 0.15) is 22.2 Å². The van der Waals surface area contributed by atoms with Crippen LogP contribution in [0.4, 0.5) is 5.82 Å². The van der Waals surface area contributed by atoms with Crippen molar-refractivity contribution in [3.8, 4) is 10.6 Å². The van der Waals surface area contributed by atoms with Gasteiger partial charge in [-0.1, -0.05) is 18.6 Å². The molecule has 174 valence electrons. The number of anilines is 1. The number of benzene rings is 1. The number of H-pyrrole nitrogens is 1. The van der Waals surface area contributed by atoms with Gasteiger partial charge in [0, 0.05) is 24.5 Å². The van der Waals surface area contributed by atoms with Gasteiger partial charge in [-0.25, -0.2) is 9.97 Å². The van der Waals surface area contributed by atoms with E-state index in [0.717, 1.165) is 79.0 Å². The smallest absolute Gasteiger partial charge is 0.263 e. The minimum absolute atomic E-state index is 0.0771. The molecule has 1 saturated carbocycles. The lowest BCUT2D eigenvalue weighted by Gasteiger charge is -2.41. The predicted octanol–water partition coefficient (Wildman–Crippen LogP) is 3.94. The van der Waals surface area contributed by atoms with Crippen LogP contribution in [-0.2, 0) is 0 Å². The summed E-state index contributed by atoms with van der Waals surface area (Å²) < 4.78 is 1.09. The SMILES string of the molecule is O=c1[nH]c(C2CCN(C3CCC3)CC2)nc(N[C@@H]2CCCNC2)c1-c1nc2ccccc2s1. The molecule has 4 heterocycles. The fourth-order valence-corrected chi connectivity index (χ4v) is 6.43. The molecule has 2 aromatic heterocycles. The van der Waals surface area contributed by atoms with Crippen LogP contribution in [0, 0.1) is 0 Å². The Balaban J connectivity index is 1.33. The zero-order valence-corrected chi connectivity index (χ0v) is 19.8. The molecule has 1 aromatic carbocycles. The number of para-hydroxylation sites is 1. The van der Waals surface area contributed by atoms with Gasteiger partial charge in [-0.15, -0.1) is 11.3 Å². The van der Waals surface area contributed by atoms with Gasteiger partial charge >= 0.3 is 0 Å². The second kappa shape index (κ2) is 9.16. The third-order valence-corrected chi connectivity index (χ3v) is 8.64. The summed E-state index contributed by atoms with van der Waals surface area (Å²) in [6, 6.07) is 9.11. The lowest BCUT2D eigenvalue weighted by atomic mass is 9.87. The van der Waals surface area contributed by atoms with Crippen LogP contribution in [0.5, 0.6) is 0 Å². The second-order valence-corrected chi connectivity index (χ2v) is 10.8. The molecular weight excluding hydrogens is 432 g/mol. The summed E-state index contributed by atoms with van der Waals surface area (Å²) in [6.45, 7) is 4.15. The van der Waals surface area contributed by atoms with Crippen LogP contribution in [0.25, 0.3) is 20.8 Å². The minimum Gasteiger partial charge on any atom is -0.365 e. The van der Waals surface area contributed by atoms with Crippen molar-refractivity contribution in [2.45, 2.75) is 62.9 Å². The number of aromatic nitrogens is 3. The highest BCUT2D eigenvalue weighted by Gasteiger charge is 2.31. The molecule has 0 radical (unpaired) electrons. The summed E-state index contributed by atoms with van der Waals surface area (Å²) in [5, 5.41) is 7.82. The number of nitrogens with one attached hydrogen (secondary N) is 3. The van der Waals surface area contributed by atoms with Crippen molar-refractivity contribution in [3.63, 3.8) is 0 Å². The first kappa shape index (κ1) is 21.3. The fraction of sp³-hybridized carbons (Fsp3) is 0.560. The van der Waals surface area contributed by atoms with Crippen LogP contribution < -0.4 is 16.2 Å². The molecule has 8 heteroatoms. The molecular formula is C25H32N6OS. The summed E-state index contributed by atoms with van der Waals surface area (Å²) >= 11 is 1.56. The normalized spacial score (nSPS) is 23.0. The highest BCUT2D eigenvalue weighted by molar-refractivity contribution is 7.21. The van der Waals surface area contributed by atoms with E-state index >= 15 is 0 Å².